The molecule has 2 saturated heterocycles. The van der Waals surface area contributed by atoms with Gasteiger partial charge >= 0.3 is 5.97 Å². The number of aromatic carboxylic acids is 1. The third kappa shape index (κ3) is 7.35. The van der Waals surface area contributed by atoms with Gasteiger partial charge in [-0.1, -0.05) is 31.7 Å². The molecule has 0 spiro atoms. The predicted molar refractivity (Wildman–Crippen MR) is 233 cm³/mol. The summed E-state index contributed by atoms with van der Waals surface area (Å²) in [6, 6.07) is 29.0. The summed E-state index contributed by atoms with van der Waals surface area (Å²) in [5.41, 5.74) is 6.51. The molecule has 10 rings (SSSR count). The lowest BCUT2D eigenvalue weighted by molar-refractivity contribution is 0.0698. The van der Waals surface area contributed by atoms with Gasteiger partial charge in [-0.05, 0) is 101 Å². The van der Waals surface area contributed by atoms with Gasteiger partial charge in [-0.15, -0.1) is 0 Å². The number of hydrogen-bond acceptors (Lipinski definition) is 11. The van der Waals surface area contributed by atoms with Crippen molar-refractivity contribution in [2.24, 2.45) is 0 Å². The van der Waals surface area contributed by atoms with E-state index >= 15 is 0 Å². The molecule has 0 aliphatic carbocycles. The molecule has 0 atom stereocenters. The number of carboxylic acids is 1. The van der Waals surface area contributed by atoms with Crippen LogP contribution in [-0.4, -0.2) is 122 Å². The highest BCUT2D eigenvalue weighted by Crippen LogP contribution is 2.30. The number of carboxylic acid groups (broad SMARTS) is 1. The molecule has 2 aliphatic rings. The van der Waals surface area contributed by atoms with Crippen molar-refractivity contribution in [3.8, 4) is 6.07 Å². The van der Waals surface area contributed by atoms with Crippen molar-refractivity contribution < 1.29 is 14.7 Å². The van der Waals surface area contributed by atoms with E-state index in [-0.39, 0.29) is 25.2 Å². The smallest absolute Gasteiger partial charge is 0.339 e. The monoisotopic (exact) mass is 789 g/mol. The molecule has 6 aromatic heterocycles. The number of nitriles is 1. The van der Waals surface area contributed by atoms with Gasteiger partial charge in [0.2, 0.25) is 0 Å². The number of aromatic nitrogens is 6. The van der Waals surface area contributed by atoms with Crippen LogP contribution in [0.5, 0.6) is 0 Å². The lowest BCUT2D eigenvalue weighted by atomic mass is 10.1. The number of carbonyl (C=O) groups excluding carboxylic acids is 1. The molecule has 59 heavy (non-hydrogen) atoms. The van der Waals surface area contributed by atoms with Crippen LogP contribution in [0.15, 0.2) is 84.9 Å². The third-order valence-electron chi connectivity index (χ3n) is 11.3. The minimum Gasteiger partial charge on any atom is -0.478 e. The number of ketones is 1. The summed E-state index contributed by atoms with van der Waals surface area (Å²) in [5.74, 6) is 0.652. The average Bonchev–Trinajstić information content (AvgIpc) is 3.65. The number of para-hydroxylation sites is 4. The molecule has 2 aliphatic heterocycles. The van der Waals surface area contributed by atoms with E-state index in [0.29, 0.717) is 16.9 Å². The van der Waals surface area contributed by atoms with E-state index in [4.69, 9.17) is 20.2 Å². The average molecular weight is 790 g/mol. The molecular weight excluding hydrogens is 743 g/mol. The van der Waals surface area contributed by atoms with Crippen molar-refractivity contribution in [1.82, 2.24) is 38.5 Å². The molecule has 300 valence electrons. The Morgan fingerprint density at radius 2 is 1.08 bits per heavy atom. The summed E-state index contributed by atoms with van der Waals surface area (Å²) in [4.78, 5) is 53.0. The number of imidazole rings is 2. The molecule has 0 saturated carbocycles. The van der Waals surface area contributed by atoms with Crippen molar-refractivity contribution in [2.45, 2.75) is 26.7 Å². The van der Waals surface area contributed by atoms with Gasteiger partial charge in [0.25, 0.3) is 0 Å². The zero-order valence-electron chi connectivity index (χ0n) is 32.5. The Morgan fingerprint density at radius 1 is 0.610 bits per heavy atom. The van der Waals surface area contributed by atoms with Gasteiger partial charge in [-0.25, -0.2) is 24.7 Å². The van der Waals surface area contributed by atoms with Crippen molar-refractivity contribution in [2.75, 3.05) is 76.3 Å². The molecule has 0 bridgehead atoms. The summed E-state index contributed by atoms with van der Waals surface area (Å²) in [6.45, 7) is 7.97. The molecule has 0 amide bonds. The number of benzene rings is 2. The first-order valence-electron chi connectivity index (χ1n) is 19.7. The second-order valence-electron chi connectivity index (χ2n) is 15.2. The molecule has 8 heterocycles. The number of Topliss-reactive ketones (excluding diaryl/α,β-unsaturated/α-hetero) is 1. The van der Waals surface area contributed by atoms with Gasteiger partial charge in [-0.2, -0.15) is 5.26 Å². The number of pyridine rings is 4. The van der Waals surface area contributed by atoms with Gasteiger partial charge in [0.05, 0.1) is 40.1 Å². The molecule has 8 aromatic rings. The fraction of sp³-hybridized carbons (Fsp3) is 0.311. The van der Waals surface area contributed by atoms with Crippen LogP contribution in [0.3, 0.4) is 0 Å². The molecule has 1 N–H and O–H groups in total. The topological polar surface area (TPSA) is 152 Å². The Morgan fingerprint density at radius 3 is 1.58 bits per heavy atom. The molecular formula is C45H47N11O3. The van der Waals surface area contributed by atoms with Crippen LogP contribution in [0, 0.1) is 11.3 Å². The van der Waals surface area contributed by atoms with Crippen LogP contribution in [0.1, 0.15) is 47.4 Å². The first-order chi connectivity index (χ1) is 28.3. The fourth-order valence-corrected chi connectivity index (χ4v) is 8.20. The number of fused-ring (bicyclic) bond motifs is 10. The van der Waals surface area contributed by atoms with Crippen LogP contribution in [-0.2, 0) is 0 Å². The molecule has 0 unspecified atom stereocenters. The Kier molecular flexibility index (Phi) is 10.8. The number of nitrogens with zero attached hydrogens (tertiary/aromatic N) is 11. The maximum Gasteiger partial charge on any atom is 0.339 e. The van der Waals surface area contributed by atoms with E-state index in [9.17, 15) is 14.7 Å². The lowest BCUT2D eigenvalue weighted by Gasteiger charge is -2.22. The first kappa shape index (κ1) is 39.2. The quantitative estimate of drug-likeness (QED) is 0.183. The summed E-state index contributed by atoms with van der Waals surface area (Å²) in [6.07, 6.45) is 2.02. The number of likely N-dealkylation sites (N-methyl/N-ethyl adjacent to an activating group) is 2. The van der Waals surface area contributed by atoms with Crippen molar-refractivity contribution in [3.63, 3.8) is 0 Å². The number of carbonyl (C=O) groups is 2. The van der Waals surface area contributed by atoms with E-state index in [1.165, 1.54) is 0 Å². The van der Waals surface area contributed by atoms with E-state index in [1.54, 1.807) is 6.07 Å². The molecule has 0 radical (unpaired) electrons. The zero-order chi connectivity index (χ0) is 39.9. The third-order valence-corrected chi connectivity index (χ3v) is 11.3. The van der Waals surface area contributed by atoms with E-state index in [1.807, 2.05) is 93.7 Å². The van der Waals surface area contributed by atoms with Gasteiger partial charge in [0.15, 0.2) is 17.1 Å². The van der Waals surface area contributed by atoms with Crippen LogP contribution in [0.25, 0.3) is 55.4 Å². The number of rotatable bonds is 5. The largest absolute Gasteiger partial charge is 0.478 e. The Hall–Kier alpha value is -6.69. The number of hydrogen-bond donors (Lipinski definition) is 1. The lowest BCUT2D eigenvalue weighted by Crippen LogP contribution is -2.29. The molecule has 2 fully saturated rings. The minimum atomic E-state index is -0.984. The van der Waals surface area contributed by atoms with Gasteiger partial charge < -0.3 is 24.7 Å². The Balaban J connectivity index is 0.000000162. The summed E-state index contributed by atoms with van der Waals surface area (Å²) in [5, 5.41) is 20.4. The number of anilines is 2. The SMILES string of the molecule is C.CN1CCCN(c2ccc3cc(C(=O)CC#N)c4nc5ccccc5n4c3n2)CC1.CN1CCCN(c2ccc3cc(C(=O)O)c4nc5ccccc5n4c3n2)CC1. The van der Waals surface area contributed by atoms with Crippen LogP contribution in [0.4, 0.5) is 11.6 Å². The summed E-state index contributed by atoms with van der Waals surface area (Å²) >= 11 is 0. The second-order valence-corrected chi connectivity index (χ2v) is 15.2. The van der Waals surface area contributed by atoms with E-state index in [0.717, 1.165) is 121 Å². The summed E-state index contributed by atoms with van der Waals surface area (Å²) in [7, 11) is 4.30. The first-order valence-corrected chi connectivity index (χ1v) is 19.7. The Labute approximate surface area is 341 Å². The molecule has 14 heteroatoms. The highest BCUT2D eigenvalue weighted by atomic mass is 16.4. The maximum atomic E-state index is 12.7. The zero-order valence-corrected chi connectivity index (χ0v) is 32.5. The Bertz CT molecular complexity index is 2930. The fourth-order valence-electron chi connectivity index (χ4n) is 8.20. The standard InChI is InChI=1S/C23H22N6O.C21H21N5O2.CH4/c1-27-11-4-12-28(14-13-27)21-8-7-16-15-17(20(30)9-10-24)23-25-18-5-2-3-6-19(18)29(23)22(16)26-21;1-24-9-4-10-25(12-11-24)18-8-7-14-13-15(21(27)28)20-22-16-5-2-3-6-17(16)26(20)19(14)23-18;/h2-3,5-8,15H,4,9,11-14H2,1H3;2-3,5-8,13H,4,9-12H2,1H3,(H,27,28);1H4. The van der Waals surface area contributed by atoms with Gasteiger partial charge in [0, 0.05) is 50.0 Å². The van der Waals surface area contributed by atoms with E-state index in [2.05, 4.69) is 38.7 Å². The van der Waals surface area contributed by atoms with Gasteiger partial charge in [0.1, 0.15) is 28.5 Å². The maximum absolute atomic E-state index is 12.7. The summed E-state index contributed by atoms with van der Waals surface area (Å²) < 4.78 is 3.84. The molecule has 14 nitrogen and oxygen atoms in total. The highest BCUT2D eigenvalue weighted by Gasteiger charge is 2.22. The minimum absolute atomic E-state index is 0. The van der Waals surface area contributed by atoms with Gasteiger partial charge in [-0.3, -0.25) is 13.6 Å². The van der Waals surface area contributed by atoms with Crippen LogP contribution in [0.2, 0.25) is 0 Å². The normalized spacial score (nSPS) is 15.5. The van der Waals surface area contributed by atoms with Crippen molar-refractivity contribution in [1.29, 1.82) is 5.26 Å². The molecule has 2 aromatic carbocycles. The van der Waals surface area contributed by atoms with Crippen LogP contribution < -0.4 is 9.80 Å². The van der Waals surface area contributed by atoms with Crippen molar-refractivity contribution in [3.05, 3.63) is 96.1 Å². The second kappa shape index (κ2) is 16.3. The predicted octanol–water partition coefficient (Wildman–Crippen LogP) is 6.79. The highest BCUT2D eigenvalue weighted by molar-refractivity contribution is 6.07. The van der Waals surface area contributed by atoms with Crippen molar-refractivity contribution >= 4 is 78.8 Å². The van der Waals surface area contributed by atoms with Crippen LogP contribution >= 0.6 is 0 Å². The van der Waals surface area contributed by atoms with E-state index < -0.39 is 5.97 Å².